The van der Waals surface area contributed by atoms with Crippen molar-refractivity contribution < 1.29 is 4.79 Å². The van der Waals surface area contributed by atoms with Crippen LogP contribution in [0.2, 0.25) is 4.59 Å². The van der Waals surface area contributed by atoms with Crippen LogP contribution in [0.3, 0.4) is 0 Å². The van der Waals surface area contributed by atoms with Crippen molar-refractivity contribution in [1.82, 2.24) is 5.32 Å². The quantitative estimate of drug-likeness (QED) is 0.546. The fourth-order valence-electron chi connectivity index (χ4n) is 2.65. The second kappa shape index (κ2) is 5.66. The second-order valence-electron chi connectivity index (χ2n) is 4.97. The molecule has 0 aliphatic heterocycles. The van der Waals surface area contributed by atoms with Gasteiger partial charge in [-0.25, -0.2) is 0 Å². The number of rotatable bonds is 4. The summed E-state index contributed by atoms with van der Waals surface area (Å²) in [4.78, 5) is 10.5. The van der Waals surface area contributed by atoms with Crippen LogP contribution in [0.4, 0.5) is 0 Å². The molecule has 1 N–H and O–H groups in total. The Morgan fingerprint density at radius 3 is 2.19 bits per heavy atom. The standard InChI is InChI=1S/C12H17NO.2Li/c1-8-9(2)11(4)12(10(8)3)5-6-13-7-14;;/h5-7,10H,1-4H3,(H,13,14);;. The Bertz CT molecular complexity index is 360. The van der Waals surface area contributed by atoms with Crippen molar-refractivity contribution in [1.29, 1.82) is 0 Å². The summed E-state index contributed by atoms with van der Waals surface area (Å²) in [5.41, 5.74) is 5.79. The van der Waals surface area contributed by atoms with Gasteiger partial charge in [-0.3, -0.25) is 0 Å². The van der Waals surface area contributed by atoms with Crippen molar-refractivity contribution in [3.05, 3.63) is 22.3 Å². The molecule has 0 radical (unpaired) electrons. The molecular weight excluding hydrogens is 188 g/mol. The molecule has 1 aliphatic carbocycles. The van der Waals surface area contributed by atoms with Gasteiger partial charge in [0.1, 0.15) is 0 Å². The van der Waals surface area contributed by atoms with Crippen molar-refractivity contribution >= 4 is 41.8 Å². The number of nitrogens with one attached hydrogen (secondary N) is 1. The van der Waals surface area contributed by atoms with Gasteiger partial charge in [0, 0.05) is 0 Å². The van der Waals surface area contributed by atoms with Gasteiger partial charge in [0.2, 0.25) is 0 Å². The molecule has 2 nitrogen and oxygen atoms in total. The van der Waals surface area contributed by atoms with Crippen LogP contribution in [0.1, 0.15) is 27.7 Å². The van der Waals surface area contributed by atoms with Gasteiger partial charge in [0.05, 0.1) is 0 Å². The number of allylic oxidation sites excluding steroid dienone is 3. The van der Waals surface area contributed by atoms with Gasteiger partial charge in [-0.1, -0.05) is 0 Å². The maximum absolute atomic E-state index is 10.5. The number of hydrogen-bond acceptors (Lipinski definition) is 1. The molecule has 0 spiro atoms. The van der Waals surface area contributed by atoms with E-state index in [1.807, 2.05) is 0 Å². The van der Waals surface area contributed by atoms with E-state index in [2.05, 4.69) is 68.4 Å². The fourth-order valence-corrected chi connectivity index (χ4v) is 2.65. The van der Waals surface area contributed by atoms with Crippen LogP contribution >= 0.6 is 0 Å². The van der Waals surface area contributed by atoms with E-state index in [0.29, 0.717) is 10.5 Å². The topological polar surface area (TPSA) is 29.1 Å². The molecule has 0 aromatic rings. The molecule has 16 heavy (non-hydrogen) atoms. The predicted molar refractivity (Wildman–Crippen MR) is 68.5 cm³/mol. The van der Waals surface area contributed by atoms with Gasteiger partial charge in [-0.15, -0.1) is 0 Å². The van der Waals surface area contributed by atoms with Crippen molar-refractivity contribution in [2.75, 3.05) is 0 Å². The Labute approximate surface area is 117 Å². The van der Waals surface area contributed by atoms with Crippen LogP contribution in [0.5, 0.6) is 0 Å². The van der Waals surface area contributed by atoms with E-state index in [-0.39, 0.29) is 4.71 Å². The van der Waals surface area contributed by atoms with Crippen molar-refractivity contribution in [3.8, 4) is 0 Å². The van der Waals surface area contributed by atoms with Gasteiger partial charge >= 0.3 is 117 Å². The molecular formula is C12H17Li2NO. The summed E-state index contributed by atoms with van der Waals surface area (Å²) in [7, 11) is 0. The number of hydrogen-bond donors (Lipinski definition) is 1. The summed E-state index contributed by atoms with van der Waals surface area (Å²) >= 11 is 4.26. The summed E-state index contributed by atoms with van der Waals surface area (Å²) in [5.74, 6) is 0.519. The molecule has 0 saturated carbocycles. The predicted octanol–water partition coefficient (Wildman–Crippen LogP) is 1.49. The molecule has 3 atom stereocenters. The molecule has 0 fully saturated rings. The third-order valence-electron chi connectivity index (χ3n) is 4.27. The summed E-state index contributed by atoms with van der Waals surface area (Å²) in [5, 5.41) is 2.86. The summed E-state index contributed by atoms with van der Waals surface area (Å²) in [6, 6.07) is 0. The maximum atomic E-state index is 10.5. The Morgan fingerprint density at radius 2 is 1.81 bits per heavy atom. The number of carbonyl (C=O) groups is 1. The zero-order valence-electron chi connectivity index (χ0n) is 11.2. The van der Waals surface area contributed by atoms with E-state index in [1.165, 1.54) is 22.3 Å². The monoisotopic (exact) mass is 205 g/mol. The molecule has 1 rings (SSSR count). The van der Waals surface area contributed by atoms with Gasteiger partial charge in [0.15, 0.2) is 0 Å². The Kier molecular flexibility index (Phi) is 5.02. The van der Waals surface area contributed by atoms with Crippen LogP contribution in [0.25, 0.3) is 0 Å². The summed E-state index contributed by atoms with van der Waals surface area (Å²) < 4.78 is 0.594. The normalized spacial score (nSPS) is 24.9. The molecule has 0 heterocycles. The minimum atomic E-state index is 0.198. The van der Waals surface area contributed by atoms with Crippen LogP contribution < -0.4 is 5.32 Å². The average molecular weight is 205 g/mol. The zero-order valence-corrected chi connectivity index (χ0v) is 11.2. The summed E-state index contributed by atoms with van der Waals surface area (Å²) in [6.45, 7) is 8.86. The van der Waals surface area contributed by atoms with Crippen molar-refractivity contribution in [3.63, 3.8) is 0 Å². The second-order valence-corrected chi connectivity index (χ2v) is 4.97. The first kappa shape index (κ1) is 14.2. The van der Waals surface area contributed by atoms with Crippen molar-refractivity contribution in [2.24, 2.45) is 5.92 Å². The van der Waals surface area contributed by atoms with Crippen LogP contribution in [-0.4, -0.2) is 46.6 Å². The SMILES string of the molecule is [Li][CH](NC=O)[CH]([Li])C1=C(C)C(C)=C(C)C1C. The first-order chi connectivity index (χ1) is 7.41. The molecule has 0 aromatic carbocycles. The summed E-state index contributed by atoms with van der Waals surface area (Å²) in [6.07, 6.45) is 0.795. The Balaban J connectivity index is 2.95. The first-order valence-corrected chi connectivity index (χ1v) is 5.99. The number of amides is 1. The van der Waals surface area contributed by atoms with Gasteiger partial charge in [-0.05, 0) is 0 Å². The van der Waals surface area contributed by atoms with E-state index < -0.39 is 0 Å². The minimum absolute atomic E-state index is 0.198. The molecule has 0 saturated heterocycles. The van der Waals surface area contributed by atoms with Crippen LogP contribution in [0, 0.1) is 5.92 Å². The van der Waals surface area contributed by atoms with Crippen LogP contribution in [-0.2, 0) is 4.79 Å². The molecule has 1 aliphatic rings. The van der Waals surface area contributed by atoms with E-state index in [9.17, 15) is 4.79 Å². The molecule has 4 heteroatoms. The van der Waals surface area contributed by atoms with E-state index in [4.69, 9.17) is 0 Å². The Morgan fingerprint density at radius 1 is 1.25 bits per heavy atom. The molecule has 78 valence electrons. The first-order valence-electron chi connectivity index (χ1n) is 5.99. The van der Waals surface area contributed by atoms with Crippen molar-refractivity contribution in [2.45, 2.75) is 37.0 Å². The average Bonchev–Trinajstić information content (AvgIpc) is 2.43. The van der Waals surface area contributed by atoms with Crippen LogP contribution in [0.15, 0.2) is 22.3 Å². The third-order valence-corrected chi connectivity index (χ3v) is 4.27. The zero-order chi connectivity index (χ0) is 12.5. The van der Waals surface area contributed by atoms with Gasteiger partial charge in [-0.2, -0.15) is 0 Å². The van der Waals surface area contributed by atoms with Gasteiger partial charge < -0.3 is 0 Å². The van der Waals surface area contributed by atoms with E-state index in [0.717, 1.165) is 6.41 Å². The molecule has 1 amide bonds. The van der Waals surface area contributed by atoms with E-state index >= 15 is 0 Å². The number of carbonyl (C=O) groups excluding carboxylic acids is 1. The fraction of sp³-hybridized carbons (Fsp3) is 0.583. The van der Waals surface area contributed by atoms with E-state index in [1.54, 1.807) is 0 Å². The molecule has 3 unspecified atom stereocenters. The van der Waals surface area contributed by atoms with Gasteiger partial charge in [0.25, 0.3) is 0 Å². The Hall–Kier alpha value is 0.145. The molecule has 0 bridgehead atoms. The molecule has 0 aromatic heterocycles. The third kappa shape index (κ3) is 2.52.